The number of hydrogen-bond donors (Lipinski definition) is 1. The van der Waals surface area contributed by atoms with E-state index in [-0.39, 0.29) is 18.4 Å². The lowest BCUT2D eigenvalue weighted by atomic mass is 9.97. The minimum Gasteiger partial charge on any atom is -0.496 e. The Morgan fingerprint density at radius 1 is 1.23 bits per heavy atom. The molecule has 3 aromatic rings. The third kappa shape index (κ3) is 4.26. The van der Waals surface area contributed by atoms with Crippen molar-refractivity contribution in [3.05, 3.63) is 65.2 Å². The molecule has 0 saturated carbocycles. The van der Waals surface area contributed by atoms with Gasteiger partial charge in [0.1, 0.15) is 18.1 Å². The standard InChI is InChI=1S/C22H20ClN3O5/c1-26-19(27)12-30-21(20(26)13-7-9-14(23)10-8-13)22(28)24-18-11-16(25-31-18)15-5-3-4-6-17(15)29-2/h3-11,20-21H,12H2,1-2H3,(H,24,28). The summed E-state index contributed by atoms with van der Waals surface area (Å²) in [7, 11) is 3.20. The molecule has 1 saturated heterocycles. The zero-order chi connectivity index (χ0) is 22.0. The molecule has 2 heterocycles. The minimum atomic E-state index is -0.941. The second-order valence-electron chi connectivity index (χ2n) is 7.00. The van der Waals surface area contributed by atoms with Crippen molar-refractivity contribution in [2.45, 2.75) is 12.1 Å². The van der Waals surface area contributed by atoms with Gasteiger partial charge in [0.2, 0.25) is 11.8 Å². The molecule has 4 rings (SSSR count). The lowest BCUT2D eigenvalue weighted by molar-refractivity contribution is -0.160. The first kappa shape index (κ1) is 20.9. The Kier molecular flexibility index (Phi) is 5.92. The van der Waals surface area contributed by atoms with E-state index in [9.17, 15) is 9.59 Å². The number of halogens is 1. The molecule has 0 bridgehead atoms. The quantitative estimate of drug-likeness (QED) is 0.650. The van der Waals surface area contributed by atoms with Crippen LogP contribution in [0.4, 0.5) is 5.88 Å². The zero-order valence-corrected chi connectivity index (χ0v) is 17.6. The molecule has 2 aromatic carbocycles. The highest BCUT2D eigenvalue weighted by atomic mass is 35.5. The van der Waals surface area contributed by atoms with Crippen molar-refractivity contribution in [3.8, 4) is 17.0 Å². The number of carbonyl (C=O) groups excluding carboxylic acids is 2. The number of carbonyl (C=O) groups is 2. The van der Waals surface area contributed by atoms with Gasteiger partial charge in [-0.05, 0) is 29.8 Å². The Bertz CT molecular complexity index is 1100. The molecule has 0 radical (unpaired) electrons. The van der Waals surface area contributed by atoms with Crippen LogP contribution in [0.5, 0.6) is 5.75 Å². The van der Waals surface area contributed by atoms with Gasteiger partial charge in [0, 0.05) is 23.7 Å². The predicted molar refractivity (Wildman–Crippen MR) is 114 cm³/mol. The summed E-state index contributed by atoms with van der Waals surface area (Å²) in [6, 6.07) is 15.3. The number of ether oxygens (including phenoxy) is 2. The molecule has 31 heavy (non-hydrogen) atoms. The van der Waals surface area contributed by atoms with Crippen LogP contribution in [0, 0.1) is 0 Å². The van der Waals surface area contributed by atoms with Gasteiger partial charge in [-0.15, -0.1) is 0 Å². The number of methoxy groups -OCH3 is 1. The van der Waals surface area contributed by atoms with E-state index in [1.54, 1.807) is 44.5 Å². The van der Waals surface area contributed by atoms with Gasteiger partial charge in [-0.3, -0.25) is 14.9 Å². The van der Waals surface area contributed by atoms with Gasteiger partial charge in [0.25, 0.3) is 5.91 Å². The normalized spacial score (nSPS) is 18.7. The van der Waals surface area contributed by atoms with Crippen molar-refractivity contribution in [1.82, 2.24) is 10.1 Å². The van der Waals surface area contributed by atoms with Gasteiger partial charge in [-0.2, -0.15) is 0 Å². The van der Waals surface area contributed by atoms with Gasteiger partial charge in [0.15, 0.2) is 6.10 Å². The van der Waals surface area contributed by atoms with Crippen LogP contribution in [0.2, 0.25) is 5.02 Å². The maximum absolute atomic E-state index is 13.0. The largest absolute Gasteiger partial charge is 0.496 e. The van der Waals surface area contributed by atoms with Crippen molar-refractivity contribution >= 4 is 29.3 Å². The molecule has 1 aliphatic heterocycles. The molecule has 1 fully saturated rings. The summed E-state index contributed by atoms with van der Waals surface area (Å²) in [5.74, 6) is 0.111. The predicted octanol–water partition coefficient (Wildman–Crippen LogP) is 3.54. The summed E-state index contributed by atoms with van der Waals surface area (Å²) in [6.07, 6.45) is -0.941. The highest BCUT2D eigenvalue weighted by Gasteiger charge is 2.40. The van der Waals surface area contributed by atoms with Crippen LogP contribution >= 0.6 is 11.6 Å². The summed E-state index contributed by atoms with van der Waals surface area (Å²) >= 11 is 5.98. The first-order valence-electron chi connectivity index (χ1n) is 9.51. The number of hydrogen-bond acceptors (Lipinski definition) is 6. The molecule has 0 spiro atoms. The summed E-state index contributed by atoms with van der Waals surface area (Å²) < 4.78 is 16.2. The van der Waals surface area contributed by atoms with E-state index in [1.807, 2.05) is 24.3 Å². The van der Waals surface area contributed by atoms with Crippen molar-refractivity contribution in [3.63, 3.8) is 0 Å². The average Bonchev–Trinajstić information content (AvgIpc) is 3.24. The van der Waals surface area contributed by atoms with E-state index in [0.29, 0.717) is 16.5 Å². The molecule has 2 unspecified atom stereocenters. The van der Waals surface area contributed by atoms with Crippen LogP contribution in [-0.4, -0.2) is 48.7 Å². The molecule has 8 nitrogen and oxygen atoms in total. The molecule has 2 atom stereocenters. The summed E-state index contributed by atoms with van der Waals surface area (Å²) in [5.41, 5.74) is 1.97. The number of anilines is 1. The molecule has 1 aromatic heterocycles. The molecule has 9 heteroatoms. The number of rotatable bonds is 5. The van der Waals surface area contributed by atoms with Crippen molar-refractivity contribution in [2.24, 2.45) is 0 Å². The monoisotopic (exact) mass is 441 g/mol. The molecular weight excluding hydrogens is 422 g/mol. The molecule has 1 aliphatic rings. The number of aromatic nitrogens is 1. The van der Waals surface area contributed by atoms with Crippen molar-refractivity contribution in [2.75, 3.05) is 26.1 Å². The van der Waals surface area contributed by atoms with Crippen LogP contribution in [0.1, 0.15) is 11.6 Å². The average molecular weight is 442 g/mol. The van der Waals surface area contributed by atoms with Crippen LogP contribution in [0.3, 0.4) is 0 Å². The van der Waals surface area contributed by atoms with E-state index < -0.39 is 18.1 Å². The summed E-state index contributed by atoms with van der Waals surface area (Å²) in [5, 5.41) is 7.26. The highest BCUT2D eigenvalue weighted by Crippen LogP contribution is 2.32. The van der Waals surface area contributed by atoms with Crippen LogP contribution in [0.25, 0.3) is 11.3 Å². The number of nitrogens with zero attached hydrogens (tertiary/aromatic N) is 2. The van der Waals surface area contributed by atoms with E-state index in [0.717, 1.165) is 11.1 Å². The minimum absolute atomic E-state index is 0.156. The van der Waals surface area contributed by atoms with Gasteiger partial charge in [-0.25, -0.2) is 0 Å². The molecular formula is C22H20ClN3O5. The maximum atomic E-state index is 13.0. The lowest BCUT2D eigenvalue weighted by Gasteiger charge is -2.38. The number of morpholine rings is 1. The Hall–Kier alpha value is -3.36. The van der Waals surface area contributed by atoms with E-state index in [2.05, 4.69) is 10.5 Å². The first-order valence-corrected chi connectivity index (χ1v) is 9.89. The highest BCUT2D eigenvalue weighted by molar-refractivity contribution is 6.30. The third-order valence-electron chi connectivity index (χ3n) is 5.09. The van der Waals surface area contributed by atoms with Crippen LogP contribution in [0.15, 0.2) is 59.1 Å². The number of nitrogens with one attached hydrogen (secondary N) is 1. The topological polar surface area (TPSA) is 93.9 Å². The Morgan fingerprint density at radius 3 is 2.71 bits per heavy atom. The Morgan fingerprint density at radius 2 is 1.97 bits per heavy atom. The van der Waals surface area contributed by atoms with Gasteiger partial charge < -0.3 is 18.9 Å². The van der Waals surface area contributed by atoms with E-state index >= 15 is 0 Å². The van der Waals surface area contributed by atoms with Gasteiger partial charge >= 0.3 is 0 Å². The second kappa shape index (κ2) is 8.79. The van der Waals surface area contributed by atoms with Crippen molar-refractivity contribution in [1.29, 1.82) is 0 Å². The number of benzene rings is 2. The molecule has 0 aliphatic carbocycles. The number of likely N-dealkylation sites (N-methyl/N-ethyl adjacent to an activating group) is 1. The summed E-state index contributed by atoms with van der Waals surface area (Å²) in [4.78, 5) is 26.7. The number of para-hydroxylation sites is 1. The van der Waals surface area contributed by atoms with Gasteiger partial charge in [-0.1, -0.05) is 41.0 Å². The SMILES string of the molecule is COc1ccccc1-c1cc(NC(=O)C2OCC(=O)N(C)C2c2ccc(Cl)cc2)on1. The molecule has 160 valence electrons. The Balaban J connectivity index is 1.56. The van der Waals surface area contributed by atoms with Crippen molar-refractivity contribution < 1.29 is 23.6 Å². The van der Waals surface area contributed by atoms with Crippen LogP contribution in [-0.2, 0) is 14.3 Å². The fourth-order valence-corrected chi connectivity index (χ4v) is 3.63. The Labute approximate surface area is 183 Å². The smallest absolute Gasteiger partial charge is 0.258 e. The fraction of sp³-hybridized carbons (Fsp3) is 0.227. The maximum Gasteiger partial charge on any atom is 0.258 e. The van der Waals surface area contributed by atoms with Crippen LogP contribution < -0.4 is 10.1 Å². The fourth-order valence-electron chi connectivity index (χ4n) is 3.50. The third-order valence-corrected chi connectivity index (χ3v) is 5.35. The molecule has 1 N–H and O–H groups in total. The van der Waals surface area contributed by atoms with E-state index in [1.165, 1.54) is 4.90 Å². The second-order valence-corrected chi connectivity index (χ2v) is 7.44. The summed E-state index contributed by atoms with van der Waals surface area (Å²) in [6.45, 7) is -0.193. The zero-order valence-electron chi connectivity index (χ0n) is 16.9. The lowest BCUT2D eigenvalue weighted by Crippen LogP contribution is -2.51. The molecule has 2 amide bonds. The van der Waals surface area contributed by atoms with Gasteiger partial charge in [0.05, 0.1) is 13.2 Å². The number of amides is 2. The first-order chi connectivity index (χ1) is 15.0. The van der Waals surface area contributed by atoms with E-state index in [4.69, 9.17) is 25.6 Å².